The summed E-state index contributed by atoms with van der Waals surface area (Å²) >= 11 is 0. The predicted molar refractivity (Wildman–Crippen MR) is 92.2 cm³/mol. The molecule has 7 heteroatoms. The lowest BCUT2D eigenvalue weighted by Gasteiger charge is -2.24. The average Bonchev–Trinajstić information content (AvgIpc) is 3.28. The molecule has 2 aromatic rings. The van der Waals surface area contributed by atoms with E-state index in [9.17, 15) is 4.39 Å². The third kappa shape index (κ3) is 2.53. The lowest BCUT2D eigenvalue weighted by molar-refractivity contribution is 0.533. The van der Waals surface area contributed by atoms with E-state index in [-0.39, 0.29) is 5.82 Å². The molecule has 2 aromatic heterocycles. The average molecular weight is 340 g/mol. The molecule has 2 saturated heterocycles. The van der Waals surface area contributed by atoms with Gasteiger partial charge in [0.2, 0.25) is 5.95 Å². The minimum atomic E-state index is -0.387. The van der Waals surface area contributed by atoms with Crippen molar-refractivity contribution in [1.29, 1.82) is 0 Å². The Bertz CT molecular complexity index is 794. The Morgan fingerprint density at radius 1 is 0.960 bits per heavy atom. The smallest absolute Gasteiger partial charge is 0.225 e. The first-order valence-electron chi connectivity index (χ1n) is 9.01. The lowest BCUT2D eigenvalue weighted by Crippen LogP contribution is -2.31. The van der Waals surface area contributed by atoms with Gasteiger partial charge in [-0.2, -0.15) is 0 Å². The van der Waals surface area contributed by atoms with E-state index >= 15 is 0 Å². The molecule has 0 amide bonds. The summed E-state index contributed by atoms with van der Waals surface area (Å²) in [4.78, 5) is 22.3. The highest BCUT2D eigenvalue weighted by molar-refractivity contribution is 5.53. The number of aryl methyl sites for hydroxylation is 2. The van der Waals surface area contributed by atoms with Crippen LogP contribution in [0.1, 0.15) is 23.5 Å². The zero-order valence-corrected chi connectivity index (χ0v) is 14.3. The van der Waals surface area contributed by atoms with Crippen molar-refractivity contribution in [2.75, 3.05) is 36.0 Å². The Morgan fingerprint density at radius 3 is 2.36 bits per heavy atom. The quantitative estimate of drug-likeness (QED) is 0.831. The van der Waals surface area contributed by atoms with E-state index in [0.29, 0.717) is 17.8 Å². The predicted octanol–water partition coefficient (Wildman–Crippen LogP) is 1.78. The molecular formula is C18H21FN6. The van der Waals surface area contributed by atoms with Gasteiger partial charge < -0.3 is 9.80 Å². The van der Waals surface area contributed by atoms with Crippen LogP contribution in [0.25, 0.3) is 0 Å². The number of nitrogens with zero attached hydrogens (tertiary/aromatic N) is 6. The maximum atomic E-state index is 13.0. The Balaban J connectivity index is 1.34. The highest BCUT2D eigenvalue weighted by Gasteiger charge is 2.42. The molecule has 0 aromatic carbocycles. The molecular weight excluding hydrogens is 319 g/mol. The molecule has 6 nitrogen and oxygen atoms in total. The van der Waals surface area contributed by atoms with Crippen LogP contribution in [0, 0.1) is 24.6 Å². The second-order valence-corrected chi connectivity index (χ2v) is 7.40. The summed E-state index contributed by atoms with van der Waals surface area (Å²) in [6.07, 6.45) is 5.87. The fourth-order valence-electron chi connectivity index (χ4n) is 4.59. The highest BCUT2D eigenvalue weighted by atomic mass is 19.1. The second-order valence-electron chi connectivity index (χ2n) is 7.40. The van der Waals surface area contributed by atoms with E-state index in [0.717, 1.165) is 44.8 Å². The van der Waals surface area contributed by atoms with Crippen molar-refractivity contribution < 1.29 is 4.39 Å². The van der Waals surface area contributed by atoms with Gasteiger partial charge in [0.1, 0.15) is 11.6 Å². The molecule has 0 radical (unpaired) electrons. The van der Waals surface area contributed by atoms with Crippen molar-refractivity contribution >= 4 is 11.8 Å². The Hall–Kier alpha value is -2.31. The second kappa shape index (κ2) is 5.61. The van der Waals surface area contributed by atoms with Gasteiger partial charge in [0.15, 0.2) is 5.82 Å². The third-order valence-corrected chi connectivity index (χ3v) is 5.70. The molecule has 5 rings (SSSR count). The number of fused-ring (bicyclic) bond motifs is 2. The first kappa shape index (κ1) is 15.0. The summed E-state index contributed by atoms with van der Waals surface area (Å²) in [7, 11) is 0. The van der Waals surface area contributed by atoms with Crippen LogP contribution >= 0.6 is 0 Å². The molecule has 3 aliphatic rings. The van der Waals surface area contributed by atoms with E-state index < -0.39 is 0 Å². The third-order valence-electron chi connectivity index (χ3n) is 5.70. The van der Waals surface area contributed by atoms with Crippen LogP contribution in [-0.2, 0) is 12.8 Å². The number of halogens is 1. The Labute approximate surface area is 146 Å². The van der Waals surface area contributed by atoms with Crippen LogP contribution in [0.3, 0.4) is 0 Å². The Kier molecular flexibility index (Phi) is 3.36. The number of anilines is 2. The fraction of sp³-hybridized carbons (Fsp3) is 0.556. The van der Waals surface area contributed by atoms with Crippen LogP contribution in [0.15, 0.2) is 12.4 Å². The van der Waals surface area contributed by atoms with Crippen LogP contribution in [0.4, 0.5) is 16.2 Å². The summed E-state index contributed by atoms with van der Waals surface area (Å²) in [5, 5.41) is 0. The van der Waals surface area contributed by atoms with Crippen molar-refractivity contribution in [1.82, 2.24) is 19.9 Å². The Morgan fingerprint density at radius 2 is 1.64 bits per heavy atom. The minimum Gasteiger partial charge on any atom is -0.356 e. The maximum Gasteiger partial charge on any atom is 0.225 e. The summed E-state index contributed by atoms with van der Waals surface area (Å²) in [6, 6.07) is 0. The van der Waals surface area contributed by atoms with Crippen LogP contribution in [0.5, 0.6) is 0 Å². The summed E-state index contributed by atoms with van der Waals surface area (Å²) in [6.45, 7) is 5.89. The molecule has 0 bridgehead atoms. The van der Waals surface area contributed by atoms with Crippen LogP contribution in [0.2, 0.25) is 0 Å². The molecule has 25 heavy (non-hydrogen) atoms. The first-order valence-corrected chi connectivity index (χ1v) is 9.01. The van der Waals surface area contributed by atoms with E-state index in [2.05, 4.69) is 24.8 Å². The summed E-state index contributed by atoms with van der Waals surface area (Å²) in [5.41, 5.74) is 2.62. The molecule has 2 fully saturated rings. The molecule has 2 unspecified atom stereocenters. The lowest BCUT2D eigenvalue weighted by atomic mass is 10.0. The van der Waals surface area contributed by atoms with Gasteiger partial charge >= 0.3 is 0 Å². The van der Waals surface area contributed by atoms with Gasteiger partial charge in [-0.1, -0.05) is 0 Å². The number of aromatic nitrogens is 4. The monoisotopic (exact) mass is 340 g/mol. The minimum absolute atomic E-state index is 0.387. The number of hydrogen-bond donors (Lipinski definition) is 0. The van der Waals surface area contributed by atoms with Crippen molar-refractivity contribution in [2.45, 2.75) is 26.2 Å². The van der Waals surface area contributed by atoms with Crippen LogP contribution < -0.4 is 9.80 Å². The maximum absolute atomic E-state index is 13.0. The zero-order valence-electron chi connectivity index (χ0n) is 14.3. The van der Waals surface area contributed by atoms with E-state index in [1.54, 1.807) is 0 Å². The number of hydrogen-bond acceptors (Lipinski definition) is 6. The zero-order chi connectivity index (χ0) is 17.0. The fourth-order valence-corrected chi connectivity index (χ4v) is 4.59. The SMILES string of the molecule is Cc1nc2c(c(N3CC4CN(c5ncc(F)cn5)CC4C3)n1)CCC2. The van der Waals surface area contributed by atoms with E-state index in [4.69, 9.17) is 4.98 Å². The highest BCUT2D eigenvalue weighted by Crippen LogP contribution is 2.37. The summed E-state index contributed by atoms with van der Waals surface area (Å²) in [5.74, 6) is 3.47. The van der Waals surface area contributed by atoms with Gasteiger partial charge in [-0.05, 0) is 26.2 Å². The normalized spacial score (nSPS) is 24.7. The number of rotatable bonds is 2. The molecule has 2 aliphatic heterocycles. The molecule has 130 valence electrons. The molecule has 4 heterocycles. The van der Waals surface area contributed by atoms with Gasteiger partial charge in [0, 0.05) is 49.3 Å². The van der Waals surface area contributed by atoms with Crippen molar-refractivity contribution in [3.05, 3.63) is 35.3 Å². The topological polar surface area (TPSA) is 58.0 Å². The molecule has 2 atom stereocenters. The van der Waals surface area contributed by atoms with Crippen LogP contribution in [-0.4, -0.2) is 46.1 Å². The van der Waals surface area contributed by atoms with Gasteiger partial charge in [0.25, 0.3) is 0 Å². The van der Waals surface area contributed by atoms with Crippen molar-refractivity contribution in [3.63, 3.8) is 0 Å². The van der Waals surface area contributed by atoms with Gasteiger partial charge in [0.05, 0.1) is 12.4 Å². The largest absolute Gasteiger partial charge is 0.356 e. The molecule has 0 spiro atoms. The van der Waals surface area contributed by atoms with Gasteiger partial charge in [-0.25, -0.2) is 24.3 Å². The van der Waals surface area contributed by atoms with E-state index in [1.165, 1.54) is 35.9 Å². The van der Waals surface area contributed by atoms with E-state index in [1.807, 2.05) is 6.92 Å². The molecule has 0 N–H and O–H groups in total. The standard InChI is InChI=1S/C18H21FN6/c1-11-22-16-4-2-3-15(16)17(23-11)24-7-12-9-25(10-13(12)8-24)18-20-5-14(19)6-21-18/h5-6,12-13H,2-4,7-10H2,1H3. The molecule has 1 aliphatic carbocycles. The molecule has 0 saturated carbocycles. The van der Waals surface area contributed by atoms with Gasteiger partial charge in [-0.3, -0.25) is 0 Å². The van der Waals surface area contributed by atoms with Gasteiger partial charge in [-0.15, -0.1) is 0 Å². The van der Waals surface area contributed by atoms with Crippen molar-refractivity contribution in [2.24, 2.45) is 11.8 Å². The van der Waals surface area contributed by atoms with Crippen molar-refractivity contribution in [3.8, 4) is 0 Å². The first-order chi connectivity index (χ1) is 12.2. The summed E-state index contributed by atoms with van der Waals surface area (Å²) < 4.78 is 13.0.